The second kappa shape index (κ2) is 10.6. The van der Waals surface area contributed by atoms with Crippen molar-refractivity contribution in [2.45, 2.75) is 37.5 Å². The highest BCUT2D eigenvalue weighted by molar-refractivity contribution is 7.99. The molecule has 0 radical (unpaired) electrons. The van der Waals surface area contributed by atoms with Crippen molar-refractivity contribution < 1.29 is 9.53 Å². The molecule has 170 valence electrons. The summed E-state index contributed by atoms with van der Waals surface area (Å²) in [6.45, 7) is 7.68. The molecule has 7 heteroatoms. The van der Waals surface area contributed by atoms with E-state index in [0.29, 0.717) is 12.3 Å². The summed E-state index contributed by atoms with van der Waals surface area (Å²) in [5, 5.41) is 1.08. The Morgan fingerprint density at radius 1 is 1.12 bits per heavy atom. The van der Waals surface area contributed by atoms with Crippen molar-refractivity contribution in [3.63, 3.8) is 0 Å². The van der Waals surface area contributed by atoms with Crippen molar-refractivity contribution in [2.75, 3.05) is 43.9 Å². The first-order valence-electron chi connectivity index (χ1n) is 11.2. The zero-order chi connectivity index (χ0) is 22.5. The smallest absolute Gasteiger partial charge is 0.222 e. The van der Waals surface area contributed by atoms with Crippen LogP contribution >= 0.6 is 23.1 Å². The van der Waals surface area contributed by atoms with Gasteiger partial charge in [-0.05, 0) is 54.0 Å². The second-order valence-electron chi connectivity index (χ2n) is 8.34. The summed E-state index contributed by atoms with van der Waals surface area (Å²) < 4.78 is 6.44. The Morgan fingerprint density at radius 2 is 1.88 bits per heavy atom. The highest BCUT2D eigenvalue weighted by Gasteiger charge is 2.23. The van der Waals surface area contributed by atoms with Crippen LogP contribution in [0.5, 0.6) is 5.75 Å². The Morgan fingerprint density at radius 3 is 2.56 bits per heavy atom. The van der Waals surface area contributed by atoms with Gasteiger partial charge in [-0.1, -0.05) is 37.3 Å². The van der Waals surface area contributed by atoms with Crippen LogP contribution in [0.1, 0.15) is 38.2 Å². The van der Waals surface area contributed by atoms with E-state index in [1.807, 2.05) is 17.0 Å². The van der Waals surface area contributed by atoms with Gasteiger partial charge < -0.3 is 14.5 Å². The van der Waals surface area contributed by atoms with E-state index in [1.54, 1.807) is 30.2 Å². The van der Waals surface area contributed by atoms with Gasteiger partial charge in [0.05, 0.1) is 17.3 Å². The molecule has 2 aromatic carbocycles. The first-order valence-corrected chi connectivity index (χ1v) is 13.0. The van der Waals surface area contributed by atoms with Crippen molar-refractivity contribution in [1.82, 2.24) is 9.88 Å². The van der Waals surface area contributed by atoms with Gasteiger partial charge in [-0.2, -0.15) is 0 Å². The summed E-state index contributed by atoms with van der Waals surface area (Å²) in [4.78, 5) is 23.2. The first kappa shape index (κ1) is 22.9. The lowest BCUT2D eigenvalue weighted by atomic mass is 10.0. The van der Waals surface area contributed by atoms with Crippen LogP contribution in [0.3, 0.4) is 0 Å². The fraction of sp³-hybridized carbons (Fsp3) is 0.440. The van der Waals surface area contributed by atoms with Gasteiger partial charge in [0.2, 0.25) is 5.91 Å². The van der Waals surface area contributed by atoms with Gasteiger partial charge in [0.1, 0.15) is 5.75 Å². The zero-order valence-electron chi connectivity index (χ0n) is 19.0. The van der Waals surface area contributed by atoms with E-state index in [0.717, 1.165) is 54.8 Å². The van der Waals surface area contributed by atoms with Crippen LogP contribution in [0.2, 0.25) is 0 Å². The fourth-order valence-electron chi connectivity index (χ4n) is 3.95. The Bertz CT molecular complexity index is 1040. The van der Waals surface area contributed by atoms with Gasteiger partial charge in [-0.3, -0.25) is 4.79 Å². The molecule has 0 saturated carbocycles. The zero-order valence-corrected chi connectivity index (χ0v) is 20.7. The maximum absolute atomic E-state index is 12.7. The lowest BCUT2D eigenvalue weighted by Gasteiger charge is -2.34. The lowest BCUT2D eigenvalue weighted by molar-refractivity contribution is -0.131. The number of ether oxygens (including phenoxy) is 1. The predicted molar refractivity (Wildman–Crippen MR) is 135 cm³/mol. The molecule has 4 rings (SSSR count). The number of carbonyl (C=O) groups excluding carboxylic acids is 1. The number of anilines is 1. The van der Waals surface area contributed by atoms with Gasteiger partial charge in [0.15, 0.2) is 5.13 Å². The molecule has 3 aromatic rings. The molecule has 0 bridgehead atoms. The number of thioether (sulfide) groups is 1. The summed E-state index contributed by atoms with van der Waals surface area (Å²) in [6.07, 6.45) is 1.51. The van der Waals surface area contributed by atoms with Gasteiger partial charge >= 0.3 is 0 Å². The van der Waals surface area contributed by atoms with Crippen molar-refractivity contribution in [2.24, 2.45) is 0 Å². The van der Waals surface area contributed by atoms with E-state index in [4.69, 9.17) is 9.72 Å². The van der Waals surface area contributed by atoms with E-state index in [1.165, 1.54) is 15.2 Å². The van der Waals surface area contributed by atoms with Crippen LogP contribution in [0.15, 0.2) is 47.4 Å². The molecule has 1 amide bonds. The minimum absolute atomic E-state index is 0.270. The highest BCUT2D eigenvalue weighted by Crippen LogP contribution is 2.33. The average molecular weight is 470 g/mol. The van der Waals surface area contributed by atoms with Crippen molar-refractivity contribution in [3.8, 4) is 5.75 Å². The maximum atomic E-state index is 12.7. The van der Waals surface area contributed by atoms with Gasteiger partial charge in [-0.15, -0.1) is 11.8 Å². The van der Waals surface area contributed by atoms with Crippen LogP contribution in [0.25, 0.3) is 10.2 Å². The summed E-state index contributed by atoms with van der Waals surface area (Å²) >= 11 is 3.55. The normalized spacial score (nSPS) is 14.4. The topological polar surface area (TPSA) is 45.7 Å². The summed E-state index contributed by atoms with van der Waals surface area (Å²) in [5.41, 5.74) is 2.45. The quantitative estimate of drug-likeness (QED) is 0.315. The molecule has 0 unspecified atom stereocenters. The number of piperazine rings is 1. The molecular weight excluding hydrogens is 438 g/mol. The predicted octanol–water partition coefficient (Wildman–Crippen LogP) is 5.65. The molecule has 2 heterocycles. The molecule has 5 nitrogen and oxygen atoms in total. The van der Waals surface area contributed by atoms with Crippen LogP contribution in [0.4, 0.5) is 5.13 Å². The van der Waals surface area contributed by atoms with Crippen LogP contribution in [-0.2, 0) is 4.79 Å². The third-order valence-corrected chi connectivity index (χ3v) is 8.01. The third kappa shape index (κ3) is 5.38. The standard InChI is InChI=1S/C25H31N3O2S2/c1-18(2)21-6-4-7-22-24(21)26-25(32-22)28-15-13-27(14-16-28)23(29)8-5-17-31-20-11-9-19(30-3)10-12-20/h4,6-7,9-12,18H,5,8,13-17H2,1-3H3. The number of rotatable bonds is 8. The summed E-state index contributed by atoms with van der Waals surface area (Å²) in [6, 6.07) is 14.5. The minimum Gasteiger partial charge on any atom is -0.497 e. The molecule has 1 aromatic heterocycles. The SMILES string of the molecule is COc1ccc(SCCCC(=O)N2CCN(c3nc4c(C(C)C)cccc4s3)CC2)cc1. The molecule has 1 aliphatic rings. The van der Waals surface area contributed by atoms with Crippen molar-refractivity contribution >= 4 is 44.4 Å². The first-order chi connectivity index (χ1) is 15.5. The summed E-state index contributed by atoms with van der Waals surface area (Å²) in [7, 11) is 1.68. The van der Waals surface area contributed by atoms with Gasteiger partial charge in [0, 0.05) is 37.5 Å². The fourth-order valence-corrected chi connectivity index (χ4v) is 5.85. The number of benzene rings is 2. The number of carbonyl (C=O) groups is 1. The van der Waals surface area contributed by atoms with E-state index in [-0.39, 0.29) is 5.91 Å². The van der Waals surface area contributed by atoms with E-state index in [2.05, 4.69) is 49.1 Å². The van der Waals surface area contributed by atoms with E-state index >= 15 is 0 Å². The maximum Gasteiger partial charge on any atom is 0.222 e. The van der Waals surface area contributed by atoms with E-state index in [9.17, 15) is 4.79 Å². The average Bonchev–Trinajstić information content (AvgIpc) is 3.26. The van der Waals surface area contributed by atoms with Crippen molar-refractivity contribution in [3.05, 3.63) is 48.0 Å². The molecular formula is C25H31N3O2S2. The number of hydrogen-bond acceptors (Lipinski definition) is 6. The number of nitrogens with zero attached hydrogens (tertiary/aromatic N) is 3. The number of thiazole rings is 1. The second-order valence-corrected chi connectivity index (χ2v) is 10.5. The Kier molecular flexibility index (Phi) is 7.58. The van der Waals surface area contributed by atoms with Crippen molar-refractivity contribution in [1.29, 1.82) is 0 Å². The molecule has 0 spiro atoms. The summed E-state index contributed by atoms with van der Waals surface area (Å²) in [5.74, 6) is 2.55. The number of methoxy groups -OCH3 is 1. The van der Waals surface area contributed by atoms with Gasteiger partial charge in [0.25, 0.3) is 0 Å². The van der Waals surface area contributed by atoms with E-state index < -0.39 is 0 Å². The Labute approximate surface area is 198 Å². The lowest BCUT2D eigenvalue weighted by Crippen LogP contribution is -2.48. The Balaban J connectivity index is 1.24. The van der Waals surface area contributed by atoms with Crippen LogP contribution in [-0.4, -0.2) is 54.8 Å². The largest absolute Gasteiger partial charge is 0.497 e. The molecule has 1 saturated heterocycles. The minimum atomic E-state index is 0.270. The number of hydrogen-bond donors (Lipinski definition) is 0. The molecule has 32 heavy (non-hydrogen) atoms. The number of para-hydroxylation sites is 1. The van der Waals surface area contributed by atoms with Crippen LogP contribution in [0, 0.1) is 0 Å². The molecule has 1 aliphatic heterocycles. The molecule has 0 aliphatic carbocycles. The molecule has 1 fully saturated rings. The third-order valence-electron chi connectivity index (χ3n) is 5.83. The number of fused-ring (bicyclic) bond motifs is 1. The van der Waals surface area contributed by atoms with Gasteiger partial charge in [-0.25, -0.2) is 4.98 Å². The monoisotopic (exact) mass is 469 g/mol. The van der Waals surface area contributed by atoms with Crippen LogP contribution < -0.4 is 9.64 Å². The highest BCUT2D eigenvalue weighted by atomic mass is 32.2. The molecule has 0 atom stereocenters. The number of aromatic nitrogens is 1. The molecule has 0 N–H and O–H groups in total. The Hall–Kier alpha value is -2.25. The number of amides is 1.